The number of aliphatic carboxylic acids is 1. The van der Waals surface area contributed by atoms with E-state index in [4.69, 9.17) is 5.11 Å². The topological polar surface area (TPSA) is 77.9 Å². The second-order valence-electron chi connectivity index (χ2n) is 6.11. The molecule has 0 spiro atoms. The first kappa shape index (κ1) is 17.0. The lowest BCUT2D eigenvalue weighted by molar-refractivity contribution is -0.138. The summed E-state index contributed by atoms with van der Waals surface area (Å²) in [6, 6.07) is 6.73. The number of carboxylic acids is 1. The quantitative estimate of drug-likeness (QED) is 0.917. The van der Waals surface area contributed by atoms with Crippen LogP contribution in [0.2, 0.25) is 0 Å². The number of carbonyl (C=O) groups is 3. The smallest absolute Gasteiger partial charge is 0.303 e. The molecule has 0 bridgehead atoms. The van der Waals surface area contributed by atoms with Gasteiger partial charge in [-0.2, -0.15) is 0 Å². The van der Waals surface area contributed by atoms with Gasteiger partial charge in [0.25, 0.3) is 11.8 Å². The molecular weight excluding hydrogens is 296 g/mol. The normalized spacial score (nSPS) is 15.3. The number of carboxylic acid groups (broad SMARTS) is 1. The van der Waals surface area contributed by atoms with Crippen LogP contribution in [-0.4, -0.2) is 59.9 Å². The van der Waals surface area contributed by atoms with Gasteiger partial charge >= 0.3 is 5.97 Å². The Labute approximate surface area is 135 Å². The molecule has 1 N–H and O–H groups in total. The van der Waals surface area contributed by atoms with E-state index in [0.29, 0.717) is 37.1 Å². The molecule has 0 radical (unpaired) electrons. The highest BCUT2D eigenvalue weighted by Gasteiger charge is 2.25. The van der Waals surface area contributed by atoms with Crippen molar-refractivity contribution in [2.75, 3.05) is 27.2 Å². The van der Waals surface area contributed by atoms with Gasteiger partial charge < -0.3 is 14.9 Å². The molecule has 23 heavy (non-hydrogen) atoms. The lowest BCUT2D eigenvalue weighted by atomic mass is 9.93. The van der Waals surface area contributed by atoms with Crippen molar-refractivity contribution >= 4 is 17.8 Å². The highest BCUT2D eigenvalue weighted by atomic mass is 16.4. The molecule has 1 saturated heterocycles. The van der Waals surface area contributed by atoms with Crippen molar-refractivity contribution in [2.24, 2.45) is 5.92 Å². The maximum Gasteiger partial charge on any atom is 0.303 e. The molecule has 0 atom stereocenters. The van der Waals surface area contributed by atoms with E-state index < -0.39 is 5.97 Å². The molecule has 1 fully saturated rings. The maximum atomic E-state index is 12.6. The summed E-state index contributed by atoms with van der Waals surface area (Å²) in [5.41, 5.74) is 0.982. The van der Waals surface area contributed by atoms with Crippen molar-refractivity contribution in [3.05, 3.63) is 35.4 Å². The van der Waals surface area contributed by atoms with Crippen molar-refractivity contribution in [3.63, 3.8) is 0 Å². The molecule has 0 saturated carbocycles. The number of hydrogen-bond donors (Lipinski definition) is 1. The van der Waals surface area contributed by atoms with Gasteiger partial charge in [0.05, 0.1) is 0 Å². The fourth-order valence-corrected chi connectivity index (χ4v) is 2.81. The molecule has 1 aromatic rings. The first-order chi connectivity index (χ1) is 10.9. The highest BCUT2D eigenvalue weighted by Crippen LogP contribution is 2.22. The lowest BCUT2D eigenvalue weighted by Crippen LogP contribution is -2.39. The van der Waals surface area contributed by atoms with Gasteiger partial charge in [0.2, 0.25) is 0 Å². The minimum Gasteiger partial charge on any atom is -0.481 e. The van der Waals surface area contributed by atoms with Crippen LogP contribution in [0.1, 0.15) is 40.0 Å². The lowest BCUT2D eigenvalue weighted by Gasteiger charge is -2.31. The van der Waals surface area contributed by atoms with Gasteiger partial charge in [0, 0.05) is 44.7 Å². The van der Waals surface area contributed by atoms with Gasteiger partial charge in [-0.05, 0) is 37.0 Å². The van der Waals surface area contributed by atoms with E-state index in [1.807, 2.05) is 0 Å². The molecule has 1 aliphatic heterocycles. The van der Waals surface area contributed by atoms with E-state index in [1.54, 1.807) is 43.3 Å². The highest BCUT2D eigenvalue weighted by molar-refractivity contribution is 5.99. The zero-order chi connectivity index (χ0) is 17.0. The second-order valence-corrected chi connectivity index (χ2v) is 6.11. The summed E-state index contributed by atoms with van der Waals surface area (Å²) in [5, 5.41) is 8.83. The molecule has 2 rings (SSSR count). The minimum absolute atomic E-state index is 0.104. The molecule has 124 valence electrons. The van der Waals surface area contributed by atoms with Gasteiger partial charge in [-0.1, -0.05) is 6.07 Å². The van der Waals surface area contributed by atoms with Crippen molar-refractivity contribution in [3.8, 4) is 0 Å². The van der Waals surface area contributed by atoms with E-state index in [1.165, 1.54) is 4.90 Å². The van der Waals surface area contributed by atoms with Gasteiger partial charge in [0.15, 0.2) is 0 Å². The van der Waals surface area contributed by atoms with Crippen molar-refractivity contribution in [1.29, 1.82) is 0 Å². The Morgan fingerprint density at radius 1 is 1.17 bits per heavy atom. The Hall–Kier alpha value is -2.37. The van der Waals surface area contributed by atoms with E-state index in [2.05, 4.69) is 0 Å². The van der Waals surface area contributed by atoms with Crippen LogP contribution >= 0.6 is 0 Å². The molecular formula is C17H22N2O4. The van der Waals surface area contributed by atoms with Crippen LogP contribution in [0.15, 0.2) is 24.3 Å². The molecule has 0 unspecified atom stereocenters. The molecule has 0 aromatic heterocycles. The third kappa shape index (κ3) is 4.31. The molecule has 1 aromatic carbocycles. The second kappa shape index (κ2) is 7.26. The van der Waals surface area contributed by atoms with Crippen molar-refractivity contribution in [2.45, 2.75) is 19.3 Å². The largest absolute Gasteiger partial charge is 0.481 e. The summed E-state index contributed by atoms with van der Waals surface area (Å²) in [6.45, 7) is 1.12. The molecule has 6 heteroatoms. The Balaban J connectivity index is 2.03. The van der Waals surface area contributed by atoms with Crippen LogP contribution in [0.5, 0.6) is 0 Å². The van der Waals surface area contributed by atoms with Crippen LogP contribution < -0.4 is 0 Å². The molecule has 2 amide bonds. The van der Waals surface area contributed by atoms with Crippen molar-refractivity contribution < 1.29 is 19.5 Å². The summed E-state index contributed by atoms with van der Waals surface area (Å²) in [7, 11) is 3.34. The van der Waals surface area contributed by atoms with Crippen molar-refractivity contribution in [1.82, 2.24) is 9.80 Å². The Morgan fingerprint density at radius 2 is 1.78 bits per heavy atom. The SMILES string of the molecule is CN(C)C(=O)c1cccc(C(=O)N2CCC(CC(=O)O)CC2)c1. The Kier molecular flexibility index (Phi) is 5.36. The summed E-state index contributed by atoms with van der Waals surface area (Å²) < 4.78 is 0. The average molecular weight is 318 g/mol. The molecule has 6 nitrogen and oxygen atoms in total. The first-order valence-electron chi connectivity index (χ1n) is 7.71. The van der Waals surface area contributed by atoms with E-state index in [-0.39, 0.29) is 24.2 Å². The number of benzene rings is 1. The number of rotatable bonds is 4. The fraction of sp³-hybridized carbons (Fsp3) is 0.471. The van der Waals surface area contributed by atoms with Crippen LogP contribution in [-0.2, 0) is 4.79 Å². The third-order valence-electron chi connectivity index (χ3n) is 4.13. The summed E-state index contributed by atoms with van der Waals surface area (Å²) >= 11 is 0. The van der Waals surface area contributed by atoms with Gasteiger partial charge in [-0.25, -0.2) is 0 Å². The Morgan fingerprint density at radius 3 is 2.35 bits per heavy atom. The molecule has 1 heterocycles. The number of likely N-dealkylation sites (tertiary alicyclic amines) is 1. The number of nitrogens with zero attached hydrogens (tertiary/aromatic N) is 2. The van der Waals surface area contributed by atoms with Gasteiger partial charge in [0.1, 0.15) is 0 Å². The van der Waals surface area contributed by atoms with Crippen LogP contribution in [0.25, 0.3) is 0 Å². The number of piperidine rings is 1. The Bertz CT molecular complexity index is 604. The number of hydrogen-bond acceptors (Lipinski definition) is 3. The summed E-state index contributed by atoms with van der Waals surface area (Å²) in [6.07, 6.45) is 1.57. The van der Waals surface area contributed by atoms with E-state index in [9.17, 15) is 14.4 Å². The fourth-order valence-electron chi connectivity index (χ4n) is 2.81. The van der Waals surface area contributed by atoms with E-state index in [0.717, 1.165) is 0 Å². The molecule has 0 aliphatic carbocycles. The minimum atomic E-state index is -0.787. The zero-order valence-electron chi connectivity index (χ0n) is 13.5. The summed E-state index contributed by atoms with van der Waals surface area (Å²) in [5.74, 6) is -0.894. The van der Waals surface area contributed by atoms with Crippen LogP contribution in [0.4, 0.5) is 0 Å². The predicted octanol–water partition coefficient (Wildman–Crippen LogP) is 1.72. The van der Waals surface area contributed by atoms with Gasteiger partial charge in [-0.15, -0.1) is 0 Å². The third-order valence-corrected chi connectivity index (χ3v) is 4.13. The zero-order valence-corrected chi connectivity index (χ0v) is 13.5. The van der Waals surface area contributed by atoms with Crippen LogP contribution in [0.3, 0.4) is 0 Å². The predicted molar refractivity (Wildman–Crippen MR) is 85.3 cm³/mol. The number of amides is 2. The average Bonchev–Trinajstić information content (AvgIpc) is 2.53. The monoisotopic (exact) mass is 318 g/mol. The standard InChI is InChI=1S/C17H22N2O4/c1-18(2)16(22)13-4-3-5-14(11-13)17(23)19-8-6-12(7-9-19)10-15(20)21/h3-5,11-12H,6-10H2,1-2H3,(H,20,21). The van der Waals surface area contributed by atoms with Crippen LogP contribution in [0, 0.1) is 5.92 Å². The van der Waals surface area contributed by atoms with E-state index >= 15 is 0 Å². The first-order valence-corrected chi connectivity index (χ1v) is 7.71. The van der Waals surface area contributed by atoms with Gasteiger partial charge in [-0.3, -0.25) is 14.4 Å². The summed E-state index contributed by atoms with van der Waals surface area (Å²) in [4.78, 5) is 38.5. The number of carbonyl (C=O) groups excluding carboxylic acids is 2. The molecule has 1 aliphatic rings. The maximum absolute atomic E-state index is 12.6.